The van der Waals surface area contributed by atoms with E-state index in [1.165, 1.54) is 29.7 Å². The van der Waals surface area contributed by atoms with Gasteiger partial charge in [0.1, 0.15) is 0 Å². The van der Waals surface area contributed by atoms with E-state index < -0.39 is 0 Å². The van der Waals surface area contributed by atoms with Crippen molar-refractivity contribution >= 4 is 17.4 Å². The number of hydrogen-bond acceptors (Lipinski definition) is 2. The average Bonchev–Trinajstić information content (AvgIpc) is 2.99. The van der Waals surface area contributed by atoms with Crippen LogP contribution in [0, 0.1) is 5.92 Å². The highest BCUT2D eigenvalue weighted by molar-refractivity contribution is 7.09. The largest absolute Gasteiger partial charge is 0.338 e. The molecular formula is C18H22N2OS. The highest BCUT2D eigenvalue weighted by atomic mass is 32.1. The van der Waals surface area contributed by atoms with Crippen molar-refractivity contribution < 1.29 is 4.79 Å². The number of benzene rings is 1. The molecule has 22 heavy (non-hydrogen) atoms. The normalized spacial score (nSPS) is 15.8. The van der Waals surface area contributed by atoms with Crippen molar-refractivity contribution in [1.82, 2.24) is 10.6 Å². The molecule has 1 atom stereocenters. The Morgan fingerprint density at radius 1 is 1.18 bits per heavy atom. The summed E-state index contributed by atoms with van der Waals surface area (Å²) in [5.41, 5.74) is 1.21. The number of carbonyl (C=O) groups excluding carboxylic acids is 1. The Balaban J connectivity index is 1.52. The Morgan fingerprint density at radius 2 is 2.00 bits per heavy atom. The molecule has 2 aromatic rings. The van der Waals surface area contributed by atoms with E-state index >= 15 is 0 Å². The molecule has 1 heterocycles. The Labute approximate surface area is 135 Å². The van der Waals surface area contributed by atoms with E-state index in [1.54, 1.807) is 11.3 Å². The zero-order chi connectivity index (χ0) is 15.2. The van der Waals surface area contributed by atoms with Gasteiger partial charge in [0.05, 0.1) is 6.04 Å². The van der Waals surface area contributed by atoms with Crippen LogP contribution in [0.5, 0.6) is 0 Å². The number of rotatable bonds is 6. The summed E-state index contributed by atoms with van der Waals surface area (Å²) in [6.45, 7) is 0.679. The highest BCUT2D eigenvalue weighted by Crippen LogP contribution is 2.37. The SMILES string of the molecule is O=C(NCCc1cccs1)NC(c1ccccc1)C1CCC1. The van der Waals surface area contributed by atoms with Crippen molar-refractivity contribution in [3.05, 3.63) is 58.3 Å². The lowest BCUT2D eigenvalue weighted by Gasteiger charge is -2.34. The molecule has 0 bridgehead atoms. The lowest BCUT2D eigenvalue weighted by Crippen LogP contribution is -2.42. The van der Waals surface area contributed by atoms with Gasteiger partial charge in [0.15, 0.2) is 0 Å². The zero-order valence-electron chi connectivity index (χ0n) is 12.6. The fourth-order valence-electron chi connectivity index (χ4n) is 2.85. The number of thiophene rings is 1. The van der Waals surface area contributed by atoms with Crippen molar-refractivity contribution in [1.29, 1.82) is 0 Å². The summed E-state index contributed by atoms with van der Waals surface area (Å²) in [6.07, 6.45) is 4.57. The monoisotopic (exact) mass is 314 g/mol. The van der Waals surface area contributed by atoms with Crippen molar-refractivity contribution in [2.24, 2.45) is 5.92 Å². The predicted octanol–water partition coefficient (Wildman–Crippen LogP) is 4.13. The lowest BCUT2D eigenvalue weighted by atomic mass is 9.77. The third kappa shape index (κ3) is 3.89. The molecule has 1 unspecified atom stereocenters. The fourth-order valence-corrected chi connectivity index (χ4v) is 3.56. The van der Waals surface area contributed by atoms with Crippen LogP contribution in [0.15, 0.2) is 47.8 Å². The van der Waals surface area contributed by atoms with Crippen LogP contribution >= 0.6 is 11.3 Å². The second-order valence-electron chi connectivity index (χ2n) is 5.81. The summed E-state index contributed by atoms with van der Waals surface area (Å²) in [7, 11) is 0. The van der Waals surface area contributed by atoms with Gasteiger partial charge in [0, 0.05) is 11.4 Å². The minimum absolute atomic E-state index is 0.0580. The summed E-state index contributed by atoms with van der Waals surface area (Å²) in [5.74, 6) is 0.574. The van der Waals surface area contributed by atoms with E-state index in [1.807, 2.05) is 24.3 Å². The molecule has 1 aromatic carbocycles. The van der Waals surface area contributed by atoms with Gasteiger partial charge in [-0.05, 0) is 42.2 Å². The molecule has 0 saturated heterocycles. The molecule has 2 N–H and O–H groups in total. The van der Waals surface area contributed by atoms with Gasteiger partial charge >= 0.3 is 6.03 Å². The standard InChI is InChI=1S/C18H22N2OS/c21-18(19-12-11-16-10-5-13-22-16)20-17(15-8-4-9-15)14-6-2-1-3-7-14/h1-3,5-7,10,13,15,17H,4,8-9,11-12H2,(H2,19,20,21). The van der Waals surface area contributed by atoms with Gasteiger partial charge in [0.25, 0.3) is 0 Å². The molecule has 2 amide bonds. The van der Waals surface area contributed by atoms with Gasteiger partial charge < -0.3 is 10.6 Å². The van der Waals surface area contributed by atoms with E-state index in [4.69, 9.17) is 0 Å². The molecule has 1 aliphatic rings. The molecule has 0 spiro atoms. The molecule has 3 rings (SSSR count). The first-order valence-corrected chi connectivity index (χ1v) is 8.82. The van der Waals surface area contributed by atoms with Gasteiger partial charge in [-0.1, -0.05) is 42.8 Å². The highest BCUT2D eigenvalue weighted by Gasteiger charge is 2.29. The quantitative estimate of drug-likeness (QED) is 0.827. The molecule has 116 valence electrons. The Morgan fingerprint density at radius 3 is 2.64 bits per heavy atom. The van der Waals surface area contributed by atoms with E-state index in [-0.39, 0.29) is 12.1 Å². The molecule has 0 radical (unpaired) electrons. The van der Waals surface area contributed by atoms with Crippen LogP contribution < -0.4 is 10.6 Å². The molecule has 1 fully saturated rings. The Kier molecular flexibility index (Phi) is 5.11. The first-order chi connectivity index (χ1) is 10.8. The molecule has 4 heteroatoms. The van der Waals surface area contributed by atoms with Crippen molar-refractivity contribution in [3.8, 4) is 0 Å². The third-order valence-electron chi connectivity index (χ3n) is 4.30. The maximum Gasteiger partial charge on any atom is 0.315 e. The van der Waals surface area contributed by atoms with Crippen LogP contribution in [-0.4, -0.2) is 12.6 Å². The molecule has 1 aromatic heterocycles. The minimum Gasteiger partial charge on any atom is -0.338 e. The number of hydrogen-bond donors (Lipinski definition) is 2. The number of amides is 2. The molecule has 3 nitrogen and oxygen atoms in total. The lowest BCUT2D eigenvalue weighted by molar-refractivity contribution is 0.208. The molecule has 1 aliphatic carbocycles. The average molecular weight is 314 g/mol. The maximum atomic E-state index is 12.2. The summed E-state index contributed by atoms with van der Waals surface area (Å²) in [5, 5.41) is 8.22. The smallest absolute Gasteiger partial charge is 0.315 e. The predicted molar refractivity (Wildman–Crippen MR) is 91.1 cm³/mol. The Hall–Kier alpha value is -1.81. The van der Waals surface area contributed by atoms with Crippen LogP contribution in [-0.2, 0) is 6.42 Å². The van der Waals surface area contributed by atoms with E-state index in [2.05, 4.69) is 34.2 Å². The minimum atomic E-state index is -0.0580. The number of carbonyl (C=O) groups is 1. The van der Waals surface area contributed by atoms with Gasteiger partial charge in [-0.15, -0.1) is 11.3 Å². The maximum absolute atomic E-state index is 12.2. The van der Waals surface area contributed by atoms with Crippen LogP contribution in [0.3, 0.4) is 0 Å². The van der Waals surface area contributed by atoms with Gasteiger partial charge in [-0.25, -0.2) is 4.79 Å². The summed E-state index contributed by atoms with van der Waals surface area (Å²) >= 11 is 1.73. The summed E-state index contributed by atoms with van der Waals surface area (Å²) < 4.78 is 0. The summed E-state index contributed by atoms with van der Waals surface area (Å²) in [4.78, 5) is 13.5. The summed E-state index contributed by atoms with van der Waals surface area (Å²) in [6, 6.07) is 14.5. The topological polar surface area (TPSA) is 41.1 Å². The second-order valence-corrected chi connectivity index (χ2v) is 6.84. The first kappa shape index (κ1) is 15.1. The Bertz CT molecular complexity index is 578. The van der Waals surface area contributed by atoms with Crippen molar-refractivity contribution in [2.45, 2.75) is 31.7 Å². The van der Waals surface area contributed by atoms with Gasteiger partial charge in [-0.3, -0.25) is 0 Å². The van der Waals surface area contributed by atoms with Crippen LogP contribution in [0.2, 0.25) is 0 Å². The van der Waals surface area contributed by atoms with Crippen LogP contribution in [0.1, 0.15) is 35.7 Å². The number of urea groups is 1. The van der Waals surface area contributed by atoms with Crippen molar-refractivity contribution in [2.75, 3.05) is 6.54 Å². The van der Waals surface area contributed by atoms with E-state index in [9.17, 15) is 4.79 Å². The molecular weight excluding hydrogens is 292 g/mol. The van der Waals surface area contributed by atoms with Crippen LogP contribution in [0.25, 0.3) is 0 Å². The van der Waals surface area contributed by atoms with E-state index in [0.717, 1.165) is 6.42 Å². The zero-order valence-corrected chi connectivity index (χ0v) is 13.4. The third-order valence-corrected chi connectivity index (χ3v) is 5.24. The fraction of sp³-hybridized carbons (Fsp3) is 0.389. The van der Waals surface area contributed by atoms with Crippen LogP contribution in [0.4, 0.5) is 4.79 Å². The second kappa shape index (κ2) is 7.45. The van der Waals surface area contributed by atoms with Gasteiger partial charge in [0.2, 0.25) is 0 Å². The van der Waals surface area contributed by atoms with Gasteiger partial charge in [-0.2, -0.15) is 0 Å². The first-order valence-electron chi connectivity index (χ1n) is 7.94. The molecule has 0 aliphatic heterocycles. The number of nitrogens with one attached hydrogen (secondary N) is 2. The van der Waals surface area contributed by atoms with Crippen molar-refractivity contribution in [3.63, 3.8) is 0 Å². The molecule has 1 saturated carbocycles. The van der Waals surface area contributed by atoms with E-state index in [0.29, 0.717) is 12.5 Å².